The van der Waals surface area contributed by atoms with Gasteiger partial charge in [-0.15, -0.1) is 4.98 Å². The highest BCUT2D eigenvalue weighted by Crippen LogP contribution is 2.31. The van der Waals surface area contributed by atoms with Crippen LogP contribution in [0.3, 0.4) is 0 Å². The maximum Gasteiger partial charge on any atom is 0.283 e. The van der Waals surface area contributed by atoms with E-state index in [0.717, 1.165) is 4.90 Å². The molecule has 0 bridgehead atoms. The molecule has 16 heavy (non-hydrogen) atoms. The fourth-order valence-electron chi connectivity index (χ4n) is 1.01. The first-order valence-electron chi connectivity index (χ1n) is 4.27. The highest BCUT2D eigenvalue weighted by molar-refractivity contribution is 7.99. The lowest BCUT2D eigenvalue weighted by Crippen LogP contribution is -1.83. The van der Waals surface area contributed by atoms with Crippen molar-refractivity contribution in [3.05, 3.63) is 47.3 Å². The number of rotatable bonds is 2. The van der Waals surface area contributed by atoms with Crippen LogP contribution in [0.5, 0.6) is 0 Å². The van der Waals surface area contributed by atoms with Crippen LogP contribution in [0.4, 0.5) is 5.82 Å². The molecule has 0 saturated heterocycles. The fraction of sp³-hybridized carbons (Fsp3) is 0. The van der Waals surface area contributed by atoms with Crippen LogP contribution in [-0.4, -0.2) is 15.0 Å². The van der Waals surface area contributed by atoms with Crippen molar-refractivity contribution in [1.82, 2.24) is 15.0 Å². The Morgan fingerprint density at radius 2 is 2.12 bits per heavy atom. The van der Waals surface area contributed by atoms with E-state index in [-0.39, 0.29) is 0 Å². The quantitative estimate of drug-likeness (QED) is 0.766. The lowest BCUT2D eigenvalue weighted by molar-refractivity contribution is 1.05. The average molecular weight is 249 g/mol. The summed E-state index contributed by atoms with van der Waals surface area (Å²) in [6, 6.07) is 3.60. The molecule has 0 saturated carbocycles. The van der Waals surface area contributed by atoms with Gasteiger partial charge in [-0.3, -0.25) is 0 Å². The van der Waals surface area contributed by atoms with E-state index in [0.29, 0.717) is 16.0 Å². The second-order valence-corrected chi connectivity index (χ2v) is 4.17. The molecule has 0 aliphatic rings. The molecule has 0 amide bonds. The summed E-state index contributed by atoms with van der Waals surface area (Å²) in [5.41, 5.74) is 0. The summed E-state index contributed by atoms with van der Waals surface area (Å²) >= 11 is 6.97. The number of pyridine rings is 1. The molecule has 78 valence electrons. The highest BCUT2D eigenvalue weighted by atomic mass is 35.5. The van der Waals surface area contributed by atoms with Crippen molar-refractivity contribution in [3.8, 4) is 0 Å². The molecule has 0 atom stereocenters. The molecule has 0 spiro atoms. The van der Waals surface area contributed by atoms with E-state index in [1.54, 1.807) is 18.5 Å². The monoisotopic (exact) mass is 248 g/mol. The van der Waals surface area contributed by atoms with Gasteiger partial charge in [0.1, 0.15) is 16.4 Å². The van der Waals surface area contributed by atoms with E-state index in [1.807, 2.05) is 6.07 Å². The zero-order chi connectivity index (χ0) is 11.4. The van der Waals surface area contributed by atoms with Crippen LogP contribution >= 0.6 is 23.4 Å². The van der Waals surface area contributed by atoms with Crippen molar-refractivity contribution >= 4 is 29.2 Å². The van der Waals surface area contributed by atoms with Crippen LogP contribution in [0.15, 0.2) is 40.6 Å². The van der Waals surface area contributed by atoms with E-state index < -0.39 is 0 Å². The van der Waals surface area contributed by atoms with Crippen molar-refractivity contribution in [2.45, 2.75) is 9.92 Å². The summed E-state index contributed by atoms with van der Waals surface area (Å²) in [7, 11) is 0. The maximum atomic E-state index is 6.98. The number of hydrogen-bond acceptors (Lipinski definition) is 4. The third kappa shape index (κ3) is 2.48. The standard InChI is InChI=1S/C10H5ClN4S/c1-12-10-7(3-2-4-13-10)16-9-6-14-8(11)5-15-9/h2-6H. The maximum absolute atomic E-state index is 6.98. The Balaban J connectivity index is 2.27. The molecule has 0 aliphatic heterocycles. The topological polar surface area (TPSA) is 43.0 Å². The molecule has 6 heteroatoms. The van der Waals surface area contributed by atoms with Gasteiger partial charge in [-0.05, 0) is 6.07 Å². The molecular formula is C10H5ClN4S. The van der Waals surface area contributed by atoms with Crippen molar-refractivity contribution < 1.29 is 0 Å². The third-order valence-electron chi connectivity index (χ3n) is 1.67. The zero-order valence-corrected chi connectivity index (χ0v) is 9.53. The van der Waals surface area contributed by atoms with Gasteiger partial charge in [-0.25, -0.2) is 9.97 Å². The summed E-state index contributed by atoms with van der Waals surface area (Å²) in [4.78, 5) is 16.0. The Bertz CT molecular complexity index is 535. The minimum absolute atomic E-state index is 0.348. The predicted octanol–water partition coefficient (Wildman–Crippen LogP) is 3.23. The summed E-state index contributed by atoms with van der Waals surface area (Å²) in [5, 5.41) is 1.03. The van der Waals surface area contributed by atoms with Gasteiger partial charge in [0.2, 0.25) is 0 Å². The molecule has 0 N–H and O–H groups in total. The van der Waals surface area contributed by atoms with Crippen molar-refractivity contribution in [1.29, 1.82) is 0 Å². The van der Waals surface area contributed by atoms with Crippen LogP contribution in [0.1, 0.15) is 0 Å². The van der Waals surface area contributed by atoms with Gasteiger partial charge in [0.05, 0.1) is 12.4 Å². The predicted molar refractivity (Wildman–Crippen MR) is 61.7 cm³/mol. The van der Waals surface area contributed by atoms with E-state index in [2.05, 4.69) is 19.8 Å². The average Bonchev–Trinajstić information content (AvgIpc) is 2.33. The van der Waals surface area contributed by atoms with Gasteiger partial charge in [-0.2, -0.15) is 0 Å². The molecule has 4 nitrogen and oxygen atoms in total. The molecule has 0 radical (unpaired) electrons. The smallest absolute Gasteiger partial charge is 0.283 e. The van der Waals surface area contributed by atoms with Gasteiger partial charge < -0.3 is 4.85 Å². The molecular weight excluding hydrogens is 244 g/mol. The Kier molecular flexibility index (Phi) is 3.34. The van der Waals surface area contributed by atoms with Crippen LogP contribution < -0.4 is 0 Å². The van der Waals surface area contributed by atoms with Gasteiger partial charge in [0.25, 0.3) is 5.82 Å². The molecule has 2 heterocycles. The molecule has 0 aromatic carbocycles. The summed E-state index contributed by atoms with van der Waals surface area (Å²) < 4.78 is 0. The van der Waals surface area contributed by atoms with Gasteiger partial charge in [-0.1, -0.05) is 36.0 Å². The Hall–Kier alpha value is -1.64. The minimum Gasteiger partial charge on any atom is -0.360 e. The van der Waals surface area contributed by atoms with E-state index >= 15 is 0 Å². The summed E-state index contributed by atoms with van der Waals surface area (Å²) in [5.74, 6) is 0.365. The molecule has 2 aromatic heterocycles. The van der Waals surface area contributed by atoms with Crippen LogP contribution in [-0.2, 0) is 0 Å². The third-order valence-corrected chi connectivity index (χ3v) is 2.82. The fourth-order valence-corrected chi connectivity index (χ4v) is 1.88. The summed E-state index contributed by atoms with van der Waals surface area (Å²) in [6.45, 7) is 6.98. The molecule has 0 fully saturated rings. The van der Waals surface area contributed by atoms with Gasteiger partial charge >= 0.3 is 0 Å². The lowest BCUT2D eigenvalue weighted by Gasteiger charge is -2.01. The molecule has 2 aromatic rings. The second kappa shape index (κ2) is 4.92. The lowest BCUT2D eigenvalue weighted by atomic mass is 10.5. The molecule has 2 rings (SSSR count). The first kappa shape index (κ1) is 10.9. The number of nitrogens with zero attached hydrogens (tertiary/aromatic N) is 4. The van der Waals surface area contributed by atoms with E-state index in [1.165, 1.54) is 18.0 Å². The van der Waals surface area contributed by atoms with E-state index in [4.69, 9.17) is 18.2 Å². The van der Waals surface area contributed by atoms with Crippen molar-refractivity contribution in [2.24, 2.45) is 0 Å². The SMILES string of the molecule is [C-]#[N+]c1ncccc1Sc1cnc(Cl)cn1. The van der Waals surface area contributed by atoms with Gasteiger partial charge in [0, 0.05) is 4.90 Å². The number of halogens is 1. The normalized spacial score (nSPS) is 9.75. The van der Waals surface area contributed by atoms with Crippen LogP contribution in [0, 0.1) is 6.57 Å². The molecule has 0 unspecified atom stereocenters. The van der Waals surface area contributed by atoms with Crippen molar-refractivity contribution in [3.63, 3.8) is 0 Å². The largest absolute Gasteiger partial charge is 0.360 e. The van der Waals surface area contributed by atoms with Crippen LogP contribution in [0.2, 0.25) is 5.15 Å². The number of hydrogen-bond donors (Lipinski definition) is 0. The van der Waals surface area contributed by atoms with Crippen LogP contribution in [0.25, 0.3) is 4.85 Å². The summed E-state index contributed by atoms with van der Waals surface area (Å²) in [6.07, 6.45) is 4.62. The van der Waals surface area contributed by atoms with Gasteiger partial charge in [0.15, 0.2) is 0 Å². The van der Waals surface area contributed by atoms with E-state index in [9.17, 15) is 0 Å². The Labute approximate surface area is 102 Å². The first-order valence-corrected chi connectivity index (χ1v) is 5.47. The minimum atomic E-state index is 0.348. The molecule has 0 aliphatic carbocycles. The highest BCUT2D eigenvalue weighted by Gasteiger charge is 2.06. The number of aromatic nitrogens is 3. The van der Waals surface area contributed by atoms with Crippen molar-refractivity contribution in [2.75, 3.05) is 0 Å². The zero-order valence-electron chi connectivity index (χ0n) is 7.96. The first-order chi connectivity index (χ1) is 7.79. The Morgan fingerprint density at radius 1 is 1.25 bits per heavy atom. The Morgan fingerprint density at radius 3 is 2.81 bits per heavy atom. The second-order valence-electron chi connectivity index (χ2n) is 2.72.